The molecule has 1 rings (SSSR count). The number of aliphatic carboxylic acids is 1. The molecule has 1 aromatic rings. The van der Waals surface area contributed by atoms with Crippen LogP contribution < -0.4 is 5.11 Å². The average molecular weight is 221 g/mol. The van der Waals surface area contributed by atoms with Crippen LogP contribution in [-0.4, -0.2) is 5.97 Å². The Morgan fingerprint density at radius 3 is 2.40 bits per heavy atom. The Morgan fingerprint density at radius 2 is 1.93 bits per heavy atom. The second-order valence-electron chi connectivity index (χ2n) is 2.86. The molecule has 82 valence electrons. The molecule has 15 heavy (non-hydrogen) atoms. The molecule has 0 amide bonds. The van der Waals surface area contributed by atoms with Crippen molar-refractivity contribution in [3.8, 4) is 0 Å². The number of carboxylic acid groups (broad SMARTS) is 1. The van der Waals surface area contributed by atoms with Crippen molar-refractivity contribution in [2.24, 2.45) is 0 Å². The van der Waals surface area contributed by atoms with Crippen molar-refractivity contribution in [3.05, 3.63) is 35.1 Å². The van der Waals surface area contributed by atoms with Gasteiger partial charge in [0.25, 0.3) is 0 Å². The fraction of sp³-hybridized carbons (Fsp3) is 0.222. The van der Waals surface area contributed by atoms with E-state index in [9.17, 15) is 27.5 Å². The van der Waals surface area contributed by atoms with Crippen molar-refractivity contribution in [3.63, 3.8) is 0 Å². The first-order chi connectivity index (χ1) is 6.80. The second kappa shape index (κ2) is 3.88. The predicted molar refractivity (Wildman–Crippen MR) is 40.1 cm³/mol. The van der Waals surface area contributed by atoms with Crippen LogP contribution in [0.4, 0.5) is 17.6 Å². The number of carboxylic acids is 1. The zero-order valence-electron chi connectivity index (χ0n) is 7.27. The van der Waals surface area contributed by atoms with Gasteiger partial charge in [-0.05, 0) is 17.7 Å². The molecule has 0 fully saturated rings. The number of hydrogen-bond donors (Lipinski definition) is 0. The highest BCUT2D eigenvalue weighted by molar-refractivity contribution is 5.68. The van der Waals surface area contributed by atoms with Gasteiger partial charge < -0.3 is 9.90 Å². The van der Waals surface area contributed by atoms with E-state index in [1.165, 1.54) is 0 Å². The van der Waals surface area contributed by atoms with Gasteiger partial charge in [-0.3, -0.25) is 0 Å². The summed E-state index contributed by atoms with van der Waals surface area (Å²) in [6.07, 6.45) is -5.50. The van der Waals surface area contributed by atoms with Crippen LogP contribution in [-0.2, 0) is 17.4 Å². The molecule has 0 atom stereocenters. The van der Waals surface area contributed by atoms with Gasteiger partial charge in [-0.2, -0.15) is 13.2 Å². The van der Waals surface area contributed by atoms with Gasteiger partial charge >= 0.3 is 6.18 Å². The van der Waals surface area contributed by atoms with Crippen molar-refractivity contribution in [1.82, 2.24) is 0 Å². The molecule has 1 aromatic carbocycles. The molecule has 0 saturated heterocycles. The fourth-order valence-electron chi connectivity index (χ4n) is 1.07. The lowest BCUT2D eigenvalue weighted by Crippen LogP contribution is -2.24. The Bertz CT molecular complexity index is 384. The maximum Gasteiger partial charge on any atom is 0.419 e. The highest BCUT2D eigenvalue weighted by Crippen LogP contribution is 2.31. The van der Waals surface area contributed by atoms with Crippen molar-refractivity contribution in [2.75, 3.05) is 0 Å². The van der Waals surface area contributed by atoms with E-state index >= 15 is 0 Å². The third-order valence-corrected chi connectivity index (χ3v) is 1.68. The van der Waals surface area contributed by atoms with E-state index in [2.05, 4.69) is 0 Å². The quantitative estimate of drug-likeness (QED) is 0.702. The highest BCUT2D eigenvalue weighted by atomic mass is 19.4. The summed E-state index contributed by atoms with van der Waals surface area (Å²) < 4.78 is 49.2. The molecular weight excluding hydrogens is 216 g/mol. The topological polar surface area (TPSA) is 40.1 Å². The van der Waals surface area contributed by atoms with E-state index in [1.54, 1.807) is 0 Å². The van der Waals surface area contributed by atoms with Gasteiger partial charge in [0.05, 0.1) is 5.56 Å². The lowest BCUT2D eigenvalue weighted by molar-refractivity contribution is -0.304. The number of rotatable bonds is 2. The Labute approximate surface area is 82.1 Å². The molecule has 0 aliphatic rings. The lowest BCUT2D eigenvalue weighted by Gasteiger charge is -2.10. The summed E-state index contributed by atoms with van der Waals surface area (Å²) in [6, 6.07) is 2.02. The molecule has 6 heteroatoms. The van der Waals surface area contributed by atoms with Crippen LogP contribution in [0.15, 0.2) is 18.2 Å². The first-order valence-electron chi connectivity index (χ1n) is 3.86. The van der Waals surface area contributed by atoms with Crippen LogP contribution in [0.25, 0.3) is 0 Å². The van der Waals surface area contributed by atoms with Gasteiger partial charge in [0.15, 0.2) is 0 Å². The summed E-state index contributed by atoms with van der Waals surface area (Å²) in [6.45, 7) is 0. The number of benzene rings is 1. The first kappa shape index (κ1) is 11.5. The largest absolute Gasteiger partial charge is 0.550 e. The molecule has 0 spiro atoms. The van der Waals surface area contributed by atoms with Crippen molar-refractivity contribution >= 4 is 5.97 Å². The van der Waals surface area contributed by atoms with Crippen molar-refractivity contribution in [2.45, 2.75) is 12.6 Å². The zero-order valence-corrected chi connectivity index (χ0v) is 7.27. The molecule has 0 radical (unpaired) electrons. The maximum absolute atomic E-state index is 12.7. The Hall–Kier alpha value is -1.59. The molecular formula is C9H5F4O2-. The summed E-state index contributed by atoms with van der Waals surface area (Å²) in [5, 5.41) is 10.1. The van der Waals surface area contributed by atoms with Gasteiger partial charge in [0, 0.05) is 12.4 Å². The first-order valence-corrected chi connectivity index (χ1v) is 3.86. The Kier molecular flexibility index (Phi) is 2.97. The van der Waals surface area contributed by atoms with E-state index in [1.807, 2.05) is 0 Å². The monoisotopic (exact) mass is 221 g/mol. The summed E-state index contributed by atoms with van der Waals surface area (Å²) in [5.41, 5.74) is -1.62. The number of hydrogen-bond acceptors (Lipinski definition) is 2. The number of carbonyl (C=O) groups excluding carboxylic acids is 1. The standard InChI is InChI=1S/C9H6F4O2/c10-7-2-1-5(4-8(14)15)3-6(7)9(11,12)13/h1-3H,4H2,(H,14,15)/p-1. The van der Waals surface area contributed by atoms with Crippen LogP contribution >= 0.6 is 0 Å². The van der Waals surface area contributed by atoms with Gasteiger partial charge in [-0.15, -0.1) is 0 Å². The molecule has 0 aliphatic heterocycles. The van der Waals surface area contributed by atoms with E-state index in [0.29, 0.717) is 12.1 Å². The molecule has 0 aliphatic carbocycles. The third kappa shape index (κ3) is 2.93. The van der Waals surface area contributed by atoms with Gasteiger partial charge in [-0.25, -0.2) is 4.39 Å². The smallest absolute Gasteiger partial charge is 0.419 e. The van der Waals surface area contributed by atoms with Crippen molar-refractivity contribution < 1.29 is 27.5 Å². The predicted octanol–water partition coefficient (Wildman–Crippen LogP) is 1.14. The minimum Gasteiger partial charge on any atom is -0.550 e. The fourth-order valence-corrected chi connectivity index (χ4v) is 1.07. The molecule has 0 heterocycles. The van der Waals surface area contributed by atoms with Crippen molar-refractivity contribution in [1.29, 1.82) is 0 Å². The number of carbonyl (C=O) groups is 1. The van der Waals surface area contributed by atoms with E-state index in [4.69, 9.17) is 0 Å². The summed E-state index contributed by atoms with van der Waals surface area (Å²) in [7, 11) is 0. The van der Waals surface area contributed by atoms with Gasteiger partial charge in [0.2, 0.25) is 0 Å². The molecule has 2 nitrogen and oxygen atoms in total. The van der Waals surface area contributed by atoms with Crippen LogP contribution in [0.1, 0.15) is 11.1 Å². The summed E-state index contributed by atoms with van der Waals surface area (Å²) in [4.78, 5) is 10.1. The average Bonchev–Trinajstić information content (AvgIpc) is 2.05. The number of alkyl halides is 3. The molecule has 0 unspecified atom stereocenters. The minimum atomic E-state index is -4.83. The van der Waals surface area contributed by atoms with Crippen LogP contribution in [0.2, 0.25) is 0 Å². The van der Waals surface area contributed by atoms with E-state index in [0.717, 1.165) is 6.07 Å². The molecule has 0 N–H and O–H groups in total. The SMILES string of the molecule is O=C([O-])Cc1ccc(F)c(C(F)(F)F)c1. The summed E-state index contributed by atoms with van der Waals surface area (Å²) >= 11 is 0. The normalized spacial score (nSPS) is 11.5. The van der Waals surface area contributed by atoms with Gasteiger partial charge in [0.1, 0.15) is 5.82 Å². The number of halogens is 4. The molecule has 0 bridgehead atoms. The summed E-state index contributed by atoms with van der Waals surface area (Å²) in [5.74, 6) is -2.95. The van der Waals surface area contributed by atoms with E-state index in [-0.39, 0.29) is 5.56 Å². The van der Waals surface area contributed by atoms with Crippen LogP contribution in [0.5, 0.6) is 0 Å². The maximum atomic E-state index is 12.7. The Balaban J connectivity index is 3.11. The molecule has 0 saturated carbocycles. The van der Waals surface area contributed by atoms with Gasteiger partial charge in [-0.1, -0.05) is 6.07 Å². The van der Waals surface area contributed by atoms with E-state index < -0.39 is 29.9 Å². The lowest BCUT2D eigenvalue weighted by atomic mass is 10.1. The van der Waals surface area contributed by atoms with Crippen LogP contribution in [0, 0.1) is 5.82 Å². The Morgan fingerprint density at radius 1 is 1.33 bits per heavy atom. The third-order valence-electron chi connectivity index (χ3n) is 1.68. The second-order valence-corrected chi connectivity index (χ2v) is 2.86. The van der Waals surface area contributed by atoms with Crippen LogP contribution in [0.3, 0.4) is 0 Å². The minimum absolute atomic E-state index is 0.149. The highest BCUT2D eigenvalue weighted by Gasteiger charge is 2.34. The molecule has 0 aromatic heterocycles. The zero-order chi connectivity index (χ0) is 11.6.